The second kappa shape index (κ2) is 6.05. The van der Waals surface area contributed by atoms with Gasteiger partial charge in [0.25, 0.3) is 5.91 Å². The lowest BCUT2D eigenvalue weighted by molar-refractivity contribution is 0.0599. The van der Waals surface area contributed by atoms with Gasteiger partial charge >= 0.3 is 5.97 Å². The predicted octanol–water partition coefficient (Wildman–Crippen LogP) is 2.99. The number of esters is 1. The molecule has 0 fully saturated rings. The van der Waals surface area contributed by atoms with E-state index in [2.05, 4.69) is 5.32 Å². The van der Waals surface area contributed by atoms with Crippen LogP contribution >= 0.6 is 0 Å². The first kappa shape index (κ1) is 15.8. The first-order valence-electron chi connectivity index (χ1n) is 6.98. The maximum atomic E-state index is 12.3. The summed E-state index contributed by atoms with van der Waals surface area (Å²) in [5.41, 5.74) is 4.37. The monoisotopic (exact) mass is 300 g/mol. The van der Waals surface area contributed by atoms with Gasteiger partial charge in [-0.2, -0.15) is 0 Å². The average Bonchev–Trinajstić information content (AvgIpc) is 2.81. The fourth-order valence-corrected chi connectivity index (χ4v) is 2.29. The minimum absolute atomic E-state index is 0.213. The molecule has 5 nitrogen and oxygen atoms in total. The molecule has 0 aliphatic heterocycles. The number of amides is 1. The number of benzene rings is 1. The summed E-state index contributed by atoms with van der Waals surface area (Å²) in [5, 5.41) is 2.83. The quantitative estimate of drug-likeness (QED) is 0.886. The van der Waals surface area contributed by atoms with E-state index in [1.165, 1.54) is 7.11 Å². The third-order valence-electron chi connectivity index (χ3n) is 3.94. The van der Waals surface area contributed by atoms with Crippen LogP contribution in [0.15, 0.2) is 24.3 Å². The van der Waals surface area contributed by atoms with Crippen LogP contribution in [-0.2, 0) is 11.8 Å². The summed E-state index contributed by atoms with van der Waals surface area (Å²) in [5.74, 6) is -0.624. The van der Waals surface area contributed by atoms with Crippen LogP contribution in [0.5, 0.6) is 0 Å². The van der Waals surface area contributed by atoms with Gasteiger partial charge in [-0.05, 0) is 56.2 Å². The molecule has 0 aliphatic carbocycles. The molecule has 0 spiro atoms. The average molecular weight is 300 g/mol. The van der Waals surface area contributed by atoms with E-state index in [9.17, 15) is 9.59 Å². The highest BCUT2D eigenvalue weighted by Gasteiger charge is 2.15. The van der Waals surface area contributed by atoms with E-state index in [1.807, 2.05) is 44.5 Å². The van der Waals surface area contributed by atoms with Crippen molar-refractivity contribution in [2.75, 3.05) is 12.4 Å². The van der Waals surface area contributed by atoms with Gasteiger partial charge in [-0.3, -0.25) is 4.79 Å². The van der Waals surface area contributed by atoms with Crippen molar-refractivity contribution in [3.8, 4) is 0 Å². The number of carbonyl (C=O) groups excluding carboxylic acids is 2. The van der Waals surface area contributed by atoms with E-state index in [-0.39, 0.29) is 5.91 Å². The normalized spacial score (nSPS) is 10.4. The van der Waals surface area contributed by atoms with Gasteiger partial charge in [0.1, 0.15) is 5.69 Å². The van der Waals surface area contributed by atoms with E-state index in [0.29, 0.717) is 16.9 Å². The summed E-state index contributed by atoms with van der Waals surface area (Å²) in [6.07, 6.45) is 0. The Kier molecular flexibility index (Phi) is 4.35. The smallest absolute Gasteiger partial charge is 0.338 e. The Morgan fingerprint density at radius 1 is 1.14 bits per heavy atom. The fraction of sp³-hybridized carbons (Fsp3) is 0.294. The lowest BCUT2D eigenvalue weighted by Crippen LogP contribution is -2.17. The summed E-state index contributed by atoms with van der Waals surface area (Å²) in [7, 11) is 3.18. The number of carbonyl (C=O) groups is 2. The molecule has 2 aromatic rings. The zero-order chi connectivity index (χ0) is 16.4. The van der Waals surface area contributed by atoms with Crippen molar-refractivity contribution in [2.45, 2.75) is 20.8 Å². The highest BCUT2D eigenvalue weighted by atomic mass is 16.5. The molecular weight excluding hydrogens is 280 g/mol. The molecule has 0 unspecified atom stereocenters. The Morgan fingerprint density at radius 3 is 2.36 bits per heavy atom. The number of aryl methyl sites for hydroxylation is 2. The number of ether oxygens (including phenoxy) is 1. The van der Waals surface area contributed by atoms with Crippen molar-refractivity contribution >= 4 is 17.6 Å². The molecule has 2 rings (SSSR count). The molecule has 0 saturated heterocycles. The second-order valence-corrected chi connectivity index (χ2v) is 5.33. The lowest BCUT2D eigenvalue weighted by atomic mass is 10.0. The highest BCUT2D eigenvalue weighted by Crippen LogP contribution is 2.21. The second-order valence-electron chi connectivity index (χ2n) is 5.33. The molecule has 0 radical (unpaired) electrons. The third-order valence-corrected chi connectivity index (χ3v) is 3.94. The molecule has 0 saturated carbocycles. The molecular formula is C17H20N2O3. The van der Waals surface area contributed by atoms with E-state index >= 15 is 0 Å². The van der Waals surface area contributed by atoms with Gasteiger partial charge in [0.05, 0.1) is 12.7 Å². The maximum Gasteiger partial charge on any atom is 0.338 e. The van der Waals surface area contributed by atoms with E-state index in [0.717, 1.165) is 16.8 Å². The molecule has 116 valence electrons. The Labute approximate surface area is 129 Å². The standard InChI is InChI=1S/C17H20N2O3/c1-10-8-13(9-14(12(10)3)17(21)22-5)18-16(20)15-7-6-11(2)19(15)4/h6-9H,1-5H3,(H,18,20). The van der Waals surface area contributed by atoms with Crippen molar-refractivity contribution in [3.63, 3.8) is 0 Å². The third kappa shape index (κ3) is 2.88. The Morgan fingerprint density at radius 2 is 1.82 bits per heavy atom. The molecule has 1 heterocycles. The molecule has 0 bridgehead atoms. The predicted molar refractivity (Wildman–Crippen MR) is 85.4 cm³/mol. The maximum absolute atomic E-state index is 12.3. The van der Waals surface area contributed by atoms with Gasteiger partial charge in [-0.1, -0.05) is 0 Å². The van der Waals surface area contributed by atoms with Crippen LogP contribution in [0.25, 0.3) is 0 Å². The summed E-state index contributed by atoms with van der Waals surface area (Å²) in [4.78, 5) is 24.2. The molecule has 1 aromatic heterocycles. The Hall–Kier alpha value is -2.56. The Bertz CT molecular complexity index is 745. The molecule has 5 heteroatoms. The number of nitrogens with zero attached hydrogens (tertiary/aromatic N) is 1. The van der Waals surface area contributed by atoms with Crippen LogP contribution < -0.4 is 5.32 Å². The number of hydrogen-bond acceptors (Lipinski definition) is 3. The topological polar surface area (TPSA) is 60.3 Å². The number of nitrogens with one attached hydrogen (secondary N) is 1. The number of aromatic nitrogens is 1. The molecule has 0 atom stereocenters. The van der Waals surface area contributed by atoms with Crippen molar-refractivity contribution < 1.29 is 14.3 Å². The summed E-state index contributed by atoms with van der Waals surface area (Å²) < 4.78 is 6.60. The van der Waals surface area contributed by atoms with Crippen molar-refractivity contribution in [3.05, 3.63) is 52.3 Å². The van der Waals surface area contributed by atoms with Gasteiger partial charge in [-0.15, -0.1) is 0 Å². The molecule has 1 aromatic carbocycles. The summed E-state index contributed by atoms with van der Waals surface area (Å²) in [6, 6.07) is 7.14. The first-order chi connectivity index (χ1) is 10.3. The number of rotatable bonds is 3. The summed E-state index contributed by atoms with van der Waals surface area (Å²) >= 11 is 0. The van der Waals surface area contributed by atoms with E-state index < -0.39 is 5.97 Å². The van der Waals surface area contributed by atoms with Crippen LogP contribution in [0.4, 0.5) is 5.69 Å². The van der Waals surface area contributed by atoms with Gasteiger partial charge in [0, 0.05) is 18.4 Å². The lowest BCUT2D eigenvalue weighted by Gasteiger charge is -2.12. The van der Waals surface area contributed by atoms with E-state index in [4.69, 9.17) is 4.74 Å². The highest BCUT2D eigenvalue weighted by molar-refractivity contribution is 6.04. The van der Waals surface area contributed by atoms with Gasteiger partial charge in [0.2, 0.25) is 0 Å². The number of hydrogen-bond donors (Lipinski definition) is 1. The number of methoxy groups -OCH3 is 1. The van der Waals surface area contributed by atoms with Crippen LogP contribution in [0.2, 0.25) is 0 Å². The van der Waals surface area contributed by atoms with Crippen LogP contribution in [0.1, 0.15) is 37.7 Å². The van der Waals surface area contributed by atoms with Gasteiger partial charge in [-0.25, -0.2) is 4.79 Å². The SMILES string of the molecule is COC(=O)c1cc(NC(=O)c2ccc(C)n2C)cc(C)c1C. The first-order valence-corrected chi connectivity index (χ1v) is 6.98. The number of anilines is 1. The van der Waals surface area contributed by atoms with Gasteiger partial charge < -0.3 is 14.6 Å². The fourth-order valence-electron chi connectivity index (χ4n) is 2.29. The van der Waals surface area contributed by atoms with Crippen molar-refractivity contribution in [1.29, 1.82) is 0 Å². The Balaban J connectivity index is 2.34. The minimum atomic E-state index is -0.411. The van der Waals surface area contributed by atoms with Crippen molar-refractivity contribution in [2.24, 2.45) is 7.05 Å². The molecule has 0 aliphatic rings. The summed E-state index contributed by atoms with van der Waals surface area (Å²) in [6.45, 7) is 5.68. The molecule has 1 amide bonds. The molecule has 22 heavy (non-hydrogen) atoms. The molecule has 1 N–H and O–H groups in total. The zero-order valence-electron chi connectivity index (χ0n) is 13.5. The van der Waals surface area contributed by atoms with Gasteiger partial charge in [0.15, 0.2) is 0 Å². The zero-order valence-corrected chi connectivity index (χ0v) is 13.5. The van der Waals surface area contributed by atoms with Crippen LogP contribution in [0, 0.1) is 20.8 Å². The largest absolute Gasteiger partial charge is 0.465 e. The minimum Gasteiger partial charge on any atom is -0.465 e. The van der Waals surface area contributed by atoms with E-state index in [1.54, 1.807) is 12.1 Å². The van der Waals surface area contributed by atoms with Crippen LogP contribution in [0.3, 0.4) is 0 Å². The van der Waals surface area contributed by atoms with Crippen LogP contribution in [-0.4, -0.2) is 23.6 Å². The van der Waals surface area contributed by atoms with Crippen molar-refractivity contribution in [1.82, 2.24) is 4.57 Å².